The summed E-state index contributed by atoms with van der Waals surface area (Å²) in [5.74, 6) is -2.14. The number of carbonyl (C=O) groups excluding carboxylic acids is 2. The van der Waals surface area contributed by atoms with Gasteiger partial charge in [0.15, 0.2) is 0 Å². The van der Waals surface area contributed by atoms with Gasteiger partial charge in [0.1, 0.15) is 6.04 Å². The first kappa shape index (κ1) is 15.4. The highest BCUT2D eigenvalue weighted by Gasteiger charge is 2.43. The van der Waals surface area contributed by atoms with Crippen LogP contribution in [0, 0.1) is 5.41 Å². The first-order chi connectivity index (χ1) is 8.77. The van der Waals surface area contributed by atoms with Crippen molar-refractivity contribution in [3.8, 4) is 0 Å². The van der Waals surface area contributed by atoms with Crippen molar-refractivity contribution in [3.63, 3.8) is 0 Å². The zero-order chi connectivity index (χ0) is 14.6. The molecule has 2 amide bonds. The fourth-order valence-corrected chi connectivity index (χ4v) is 2.34. The van der Waals surface area contributed by atoms with Crippen molar-refractivity contribution in [1.82, 2.24) is 5.32 Å². The first-order valence-corrected chi connectivity index (χ1v) is 6.35. The monoisotopic (exact) mass is 271 g/mol. The summed E-state index contributed by atoms with van der Waals surface area (Å²) >= 11 is 0. The van der Waals surface area contributed by atoms with Gasteiger partial charge in [-0.3, -0.25) is 9.59 Å². The minimum Gasteiger partial charge on any atom is -0.480 e. The molecule has 7 heteroatoms. The Hall–Kier alpha value is -1.63. The number of hydrogen-bond donors (Lipinski definition) is 4. The largest absolute Gasteiger partial charge is 0.480 e. The number of rotatable bonds is 6. The third kappa shape index (κ3) is 3.66. The van der Waals surface area contributed by atoms with E-state index >= 15 is 0 Å². The molecule has 0 aliphatic heterocycles. The number of aliphatic carboxylic acids is 1. The predicted molar refractivity (Wildman–Crippen MR) is 67.9 cm³/mol. The van der Waals surface area contributed by atoms with Crippen LogP contribution in [0.1, 0.15) is 39.0 Å². The van der Waals surface area contributed by atoms with E-state index in [2.05, 4.69) is 5.32 Å². The molecule has 1 fully saturated rings. The number of nitrogens with two attached hydrogens (primary N) is 2. The summed E-state index contributed by atoms with van der Waals surface area (Å²) in [6.45, 7) is 1.74. The van der Waals surface area contributed by atoms with Crippen LogP contribution in [0.3, 0.4) is 0 Å². The summed E-state index contributed by atoms with van der Waals surface area (Å²) < 4.78 is 0. The molecular weight excluding hydrogens is 250 g/mol. The molecule has 19 heavy (non-hydrogen) atoms. The SMILES string of the molecule is CC1(C(=O)N[C@H](CCC(N)=O)C(=O)O)CCCC1N. The summed E-state index contributed by atoms with van der Waals surface area (Å²) in [5, 5.41) is 11.5. The number of nitrogens with one attached hydrogen (secondary N) is 1. The van der Waals surface area contributed by atoms with E-state index in [-0.39, 0.29) is 24.8 Å². The van der Waals surface area contributed by atoms with E-state index in [1.165, 1.54) is 0 Å². The smallest absolute Gasteiger partial charge is 0.326 e. The number of carboxylic acid groups (broad SMARTS) is 1. The van der Waals surface area contributed by atoms with Crippen molar-refractivity contribution >= 4 is 17.8 Å². The van der Waals surface area contributed by atoms with Crippen LogP contribution in [0.4, 0.5) is 0 Å². The summed E-state index contributed by atoms with van der Waals surface area (Å²) in [6.07, 6.45) is 2.15. The molecule has 0 radical (unpaired) electrons. The molecule has 3 atom stereocenters. The maximum atomic E-state index is 12.2. The summed E-state index contributed by atoms with van der Waals surface area (Å²) in [6, 6.07) is -1.37. The van der Waals surface area contributed by atoms with Crippen molar-refractivity contribution in [2.24, 2.45) is 16.9 Å². The van der Waals surface area contributed by atoms with Crippen LogP contribution >= 0.6 is 0 Å². The van der Waals surface area contributed by atoms with Crippen molar-refractivity contribution in [2.45, 2.75) is 51.1 Å². The Morgan fingerprint density at radius 2 is 2.11 bits per heavy atom. The Morgan fingerprint density at radius 1 is 1.47 bits per heavy atom. The quantitative estimate of drug-likeness (QED) is 0.508. The van der Waals surface area contributed by atoms with Gasteiger partial charge in [0.2, 0.25) is 11.8 Å². The lowest BCUT2D eigenvalue weighted by molar-refractivity contribution is -0.144. The summed E-state index contributed by atoms with van der Waals surface area (Å²) in [5.41, 5.74) is 10.1. The van der Waals surface area contributed by atoms with Gasteiger partial charge in [-0.05, 0) is 26.2 Å². The Balaban J connectivity index is 2.66. The Labute approximate surface area is 111 Å². The Bertz CT molecular complexity index is 385. The number of carbonyl (C=O) groups is 3. The highest BCUT2D eigenvalue weighted by molar-refractivity contribution is 5.88. The molecule has 2 unspecified atom stereocenters. The first-order valence-electron chi connectivity index (χ1n) is 6.35. The van der Waals surface area contributed by atoms with E-state index < -0.39 is 23.3 Å². The molecule has 1 aliphatic carbocycles. The fourth-order valence-electron chi connectivity index (χ4n) is 2.34. The highest BCUT2D eigenvalue weighted by Crippen LogP contribution is 2.36. The van der Waals surface area contributed by atoms with Crippen molar-refractivity contribution in [2.75, 3.05) is 0 Å². The van der Waals surface area contributed by atoms with Gasteiger partial charge in [0, 0.05) is 12.5 Å². The van der Waals surface area contributed by atoms with Gasteiger partial charge in [-0.15, -0.1) is 0 Å². The second kappa shape index (κ2) is 6.01. The van der Waals surface area contributed by atoms with Crippen LogP contribution in [0.5, 0.6) is 0 Å². The zero-order valence-electron chi connectivity index (χ0n) is 11.0. The lowest BCUT2D eigenvalue weighted by Gasteiger charge is -2.29. The molecule has 6 N–H and O–H groups in total. The Kier molecular flexibility index (Phi) is 4.88. The second-order valence-corrected chi connectivity index (χ2v) is 5.29. The number of carboxylic acids is 1. The van der Waals surface area contributed by atoms with Crippen molar-refractivity contribution < 1.29 is 19.5 Å². The van der Waals surface area contributed by atoms with Crippen LogP contribution in [0.2, 0.25) is 0 Å². The summed E-state index contributed by atoms with van der Waals surface area (Å²) in [7, 11) is 0. The maximum absolute atomic E-state index is 12.2. The maximum Gasteiger partial charge on any atom is 0.326 e. The van der Waals surface area contributed by atoms with Crippen molar-refractivity contribution in [3.05, 3.63) is 0 Å². The molecule has 0 spiro atoms. The van der Waals surface area contributed by atoms with Gasteiger partial charge in [0.25, 0.3) is 0 Å². The van der Waals surface area contributed by atoms with E-state index in [0.29, 0.717) is 6.42 Å². The zero-order valence-corrected chi connectivity index (χ0v) is 11.0. The number of primary amides is 1. The molecule has 0 aromatic heterocycles. The summed E-state index contributed by atoms with van der Waals surface area (Å²) in [4.78, 5) is 33.9. The van der Waals surface area contributed by atoms with E-state index in [0.717, 1.165) is 12.8 Å². The average Bonchev–Trinajstić information content (AvgIpc) is 2.65. The Morgan fingerprint density at radius 3 is 2.53 bits per heavy atom. The third-order valence-electron chi connectivity index (χ3n) is 3.83. The second-order valence-electron chi connectivity index (χ2n) is 5.29. The van der Waals surface area contributed by atoms with Crippen LogP contribution in [-0.4, -0.2) is 35.0 Å². The normalized spacial score (nSPS) is 27.8. The number of amides is 2. The van der Waals surface area contributed by atoms with E-state index in [9.17, 15) is 14.4 Å². The van der Waals surface area contributed by atoms with Gasteiger partial charge in [-0.2, -0.15) is 0 Å². The van der Waals surface area contributed by atoms with Gasteiger partial charge in [0.05, 0.1) is 5.41 Å². The third-order valence-corrected chi connectivity index (χ3v) is 3.83. The molecule has 1 aliphatic rings. The highest BCUT2D eigenvalue weighted by atomic mass is 16.4. The van der Waals surface area contributed by atoms with Crippen LogP contribution < -0.4 is 16.8 Å². The van der Waals surface area contributed by atoms with Gasteiger partial charge in [-0.25, -0.2) is 4.79 Å². The molecule has 1 rings (SSSR count). The van der Waals surface area contributed by atoms with E-state index in [1.54, 1.807) is 6.92 Å². The van der Waals surface area contributed by atoms with Gasteiger partial charge in [-0.1, -0.05) is 6.42 Å². The minimum atomic E-state index is -1.18. The molecule has 0 bridgehead atoms. The molecule has 0 heterocycles. The van der Waals surface area contributed by atoms with E-state index in [4.69, 9.17) is 16.6 Å². The van der Waals surface area contributed by atoms with Gasteiger partial charge < -0.3 is 21.9 Å². The molecule has 7 nitrogen and oxygen atoms in total. The van der Waals surface area contributed by atoms with E-state index in [1.807, 2.05) is 0 Å². The van der Waals surface area contributed by atoms with Crippen LogP contribution in [-0.2, 0) is 14.4 Å². The minimum absolute atomic E-state index is 0.0122. The average molecular weight is 271 g/mol. The predicted octanol–water partition coefficient (Wildman–Crippen LogP) is -0.661. The van der Waals surface area contributed by atoms with Crippen LogP contribution in [0.15, 0.2) is 0 Å². The molecule has 0 aromatic rings. The fraction of sp³-hybridized carbons (Fsp3) is 0.750. The topological polar surface area (TPSA) is 136 Å². The molecule has 108 valence electrons. The van der Waals surface area contributed by atoms with Crippen molar-refractivity contribution in [1.29, 1.82) is 0 Å². The lowest BCUT2D eigenvalue weighted by atomic mass is 9.84. The van der Waals surface area contributed by atoms with Crippen LogP contribution in [0.25, 0.3) is 0 Å². The lowest BCUT2D eigenvalue weighted by Crippen LogP contribution is -2.52. The number of hydrogen-bond acceptors (Lipinski definition) is 4. The molecule has 0 saturated heterocycles. The molecule has 1 saturated carbocycles. The molecule has 0 aromatic carbocycles. The molecular formula is C12H21N3O4. The van der Waals surface area contributed by atoms with Gasteiger partial charge >= 0.3 is 5.97 Å². The standard InChI is InChI=1S/C12H21N3O4/c1-12(6-2-3-8(12)13)11(19)15-7(10(17)18)4-5-9(14)16/h7-8H,2-6,13H2,1H3,(H2,14,16)(H,15,19)(H,17,18)/t7-,8?,12?/m1/s1.